The fourth-order valence-corrected chi connectivity index (χ4v) is 1.64. The first kappa shape index (κ1) is 12.5. The average molecular weight is 224 g/mol. The van der Waals surface area contributed by atoms with E-state index in [0.717, 1.165) is 12.8 Å². The molecule has 0 aromatic carbocycles. The Kier molecular flexibility index (Phi) is 4.76. The maximum atomic E-state index is 11.5. The molecule has 0 N–H and O–H groups in total. The topological polar surface area (TPSA) is 52.6 Å². The molecule has 2 unspecified atom stereocenters. The maximum absolute atomic E-state index is 11.5. The lowest BCUT2D eigenvalue weighted by atomic mass is 9.89. The van der Waals surface area contributed by atoms with Gasteiger partial charge in [-0.15, -0.1) is 0 Å². The lowest BCUT2D eigenvalue weighted by Crippen LogP contribution is -2.29. The van der Waals surface area contributed by atoms with Crippen molar-refractivity contribution >= 4 is 11.9 Å². The Labute approximate surface area is 94.9 Å². The Bertz CT molecular complexity index is 285. The van der Waals surface area contributed by atoms with Crippen molar-refractivity contribution in [1.82, 2.24) is 0 Å². The van der Waals surface area contributed by atoms with Crippen LogP contribution in [0.3, 0.4) is 0 Å². The van der Waals surface area contributed by atoms with Gasteiger partial charge < -0.3 is 9.47 Å². The summed E-state index contributed by atoms with van der Waals surface area (Å²) < 4.78 is 9.36. The van der Waals surface area contributed by atoms with E-state index >= 15 is 0 Å². The molecule has 0 aliphatic heterocycles. The zero-order valence-electron chi connectivity index (χ0n) is 9.51. The smallest absolute Gasteiger partial charge is 0.313 e. The molecule has 0 saturated heterocycles. The minimum absolute atomic E-state index is 0.418. The Morgan fingerprint density at radius 2 is 1.31 bits per heavy atom. The molecule has 0 bridgehead atoms. The Morgan fingerprint density at radius 1 is 0.938 bits per heavy atom. The molecule has 4 heteroatoms. The van der Waals surface area contributed by atoms with Gasteiger partial charge in [-0.3, -0.25) is 9.59 Å². The van der Waals surface area contributed by atoms with Gasteiger partial charge in [-0.25, -0.2) is 0 Å². The van der Waals surface area contributed by atoms with Crippen LogP contribution in [-0.4, -0.2) is 26.2 Å². The highest BCUT2D eigenvalue weighted by Crippen LogP contribution is 2.21. The standard InChI is InChI=1S/C12H16O4/c1-15-11(13)9-7-5-3-4-6-8-10(9)12(14)16-2/h5-10H,3-4H2,1-2H3/b7-5-,8-6-. The number of carbonyl (C=O) groups is 2. The number of methoxy groups -OCH3 is 2. The van der Waals surface area contributed by atoms with Gasteiger partial charge in [-0.1, -0.05) is 24.3 Å². The van der Waals surface area contributed by atoms with Crippen LogP contribution >= 0.6 is 0 Å². The molecule has 1 rings (SSSR count). The third-order valence-corrected chi connectivity index (χ3v) is 2.52. The molecule has 0 fully saturated rings. The third kappa shape index (κ3) is 2.95. The van der Waals surface area contributed by atoms with Gasteiger partial charge in [0.05, 0.1) is 26.1 Å². The van der Waals surface area contributed by atoms with Gasteiger partial charge in [0.2, 0.25) is 0 Å². The molecule has 0 radical (unpaired) electrons. The van der Waals surface area contributed by atoms with Crippen molar-refractivity contribution in [3.05, 3.63) is 24.3 Å². The minimum atomic E-state index is -0.589. The van der Waals surface area contributed by atoms with Gasteiger partial charge in [0.25, 0.3) is 0 Å². The predicted molar refractivity (Wildman–Crippen MR) is 58.5 cm³/mol. The average Bonchev–Trinajstić information content (AvgIpc) is 2.27. The Balaban J connectivity index is 2.94. The predicted octanol–water partition coefficient (Wildman–Crippen LogP) is 1.47. The van der Waals surface area contributed by atoms with E-state index in [1.165, 1.54) is 14.2 Å². The molecule has 2 atom stereocenters. The van der Waals surface area contributed by atoms with Crippen LogP contribution in [0.1, 0.15) is 12.8 Å². The van der Waals surface area contributed by atoms with Crippen LogP contribution in [0.4, 0.5) is 0 Å². The van der Waals surface area contributed by atoms with Gasteiger partial charge in [-0.2, -0.15) is 0 Å². The third-order valence-electron chi connectivity index (χ3n) is 2.52. The molecule has 1 aliphatic rings. The molecule has 0 aromatic heterocycles. The number of carbonyl (C=O) groups excluding carboxylic acids is 2. The molecular formula is C12H16O4. The molecule has 16 heavy (non-hydrogen) atoms. The number of hydrogen-bond donors (Lipinski definition) is 0. The van der Waals surface area contributed by atoms with Crippen molar-refractivity contribution < 1.29 is 19.1 Å². The van der Waals surface area contributed by atoms with Gasteiger partial charge >= 0.3 is 11.9 Å². The van der Waals surface area contributed by atoms with Crippen LogP contribution in [-0.2, 0) is 19.1 Å². The number of allylic oxidation sites excluding steroid dienone is 2. The van der Waals surface area contributed by atoms with Gasteiger partial charge in [-0.05, 0) is 12.8 Å². The highest BCUT2D eigenvalue weighted by atomic mass is 16.5. The zero-order chi connectivity index (χ0) is 12.0. The first-order chi connectivity index (χ1) is 7.70. The number of ether oxygens (including phenoxy) is 2. The quantitative estimate of drug-likeness (QED) is 0.526. The largest absolute Gasteiger partial charge is 0.469 e. The summed E-state index contributed by atoms with van der Waals surface area (Å²) in [6, 6.07) is 0. The summed E-state index contributed by atoms with van der Waals surface area (Å²) in [5.41, 5.74) is 0. The summed E-state index contributed by atoms with van der Waals surface area (Å²) in [7, 11) is 2.62. The van der Waals surface area contributed by atoms with E-state index in [4.69, 9.17) is 0 Å². The molecule has 0 spiro atoms. The molecule has 0 aromatic rings. The van der Waals surface area contributed by atoms with Crippen LogP contribution in [0.25, 0.3) is 0 Å². The van der Waals surface area contributed by atoms with Crippen molar-refractivity contribution in [2.45, 2.75) is 12.8 Å². The summed E-state index contributed by atoms with van der Waals surface area (Å²) >= 11 is 0. The molecule has 0 amide bonds. The normalized spacial score (nSPS) is 28.4. The molecule has 0 saturated carbocycles. The molecular weight excluding hydrogens is 208 g/mol. The van der Waals surface area contributed by atoms with Crippen LogP contribution in [0.2, 0.25) is 0 Å². The van der Waals surface area contributed by atoms with Crippen molar-refractivity contribution in [2.75, 3.05) is 14.2 Å². The highest BCUT2D eigenvalue weighted by molar-refractivity contribution is 5.84. The summed E-state index contributed by atoms with van der Waals surface area (Å²) in [5.74, 6) is -2.01. The van der Waals surface area contributed by atoms with Crippen molar-refractivity contribution in [3.8, 4) is 0 Å². The van der Waals surface area contributed by atoms with E-state index in [1.807, 2.05) is 12.2 Å². The first-order valence-electron chi connectivity index (χ1n) is 5.19. The Hall–Kier alpha value is -1.58. The number of hydrogen-bond acceptors (Lipinski definition) is 4. The second-order valence-corrected chi connectivity index (χ2v) is 3.53. The number of esters is 2. The monoisotopic (exact) mass is 224 g/mol. The molecule has 88 valence electrons. The van der Waals surface area contributed by atoms with Crippen molar-refractivity contribution in [1.29, 1.82) is 0 Å². The van der Waals surface area contributed by atoms with Gasteiger partial charge in [0.15, 0.2) is 0 Å². The maximum Gasteiger partial charge on any atom is 0.313 e. The molecule has 1 aliphatic carbocycles. The van der Waals surface area contributed by atoms with Gasteiger partial charge in [0.1, 0.15) is 0 Å². The fourth-order valence-electron chi connectivity index (χ4n) is 1.64. The van der Waals surface area contributed by atoms with Crippen LogP contribution < -0.4 is 0 Å². The van der Waals surface area contributed by atoms with E-state index in [0.29, 0.717) is 0 Å². The van der Waals surface area contributed by atoms with E-state index in [9.17, 15) is 9.59 Å². The highest BCUT2D eigenvalue weighted by Gasteiger charge is 2.31. The summed E-state index contributed by atoms with van der Waals surface area (Å²) in [6.45, 7) is 0. The van der Waals surface area contributed by atoms with E-state index < -0.39 is 23.8 Å². The summed E-state index contributed by atoms with van der Waals surface area (Å²) in [5, 5.41) is 0. The Morgan fingerprint density at radius 3 is 1.62 bits per heavy atom. The van der Waals surface area contributed by atoms with Crippen molar-refractivity contribution in [3.63, 3.8) is 0 Å². The van der Waals surface area contributed by atoms with Crippen LogP contribution in [0, 0.1) is 11.8 Å². The molecule has 0 heterocycles. The van der Waals surface area contributed by atoms with Gasteiger partial charge in [0, 0.05) is 0 Å². The summed E-state index contributed by atoms with van der Waals surface area (Å²) in [4.78, 5) is 23.1. The van der Waals surface area contributed by atoms with E-state index in [1.54, 1.807) is 12.2 Å². The van der Waals surface area contributed by atoms with E-state index in [-0.39, 0.29) is 0 Å². The SMILES string of the molecule is COC(=O)C1/C=C\CC/C=C\C1C(=O)OC. The van der Waals surface area contributed by atoms with Crippen LogP contribution in [0.5, 0.6) is 0 Å². The second kappa shape index (κ2) is 6.10. The first-order valence-corrected chi connectivity index (χ1v) is 5.19. The van der Waals surface area contributed by atoms with Crippen LogP contribution in [0.15, 0.2) is 24.3 Å². The lowest BCUT2D eigenvalue weighted by Gasteiger charge is -2.18. The van der Waals surface area contributed by atoms with E-state index in [2.05, 4.69) is 9.47 Å². The van der Waals surface area contributed by atoms with Crippen molar-refractivity contribution in [2.24, 2.45) is 11.8 Å². The zero-order valence-corrected chi connectivity index (χ0v) is 9.51. The number of rotatable bonds is 2. The summed E-state index contributed by atoms with van der Waals surface area (Å²) in [6.07, 6.45) is 8.94. The molecule has 4 nitrogen and oxygen atoms in total. The second-order valence-electron chi connectivity index (χ2n) is 3.53. The fraction of sp³-hybridized carbons (Fsp3) is 0.500. The lowest BCUT2D eigenvalue weighted by molar-refractivity contribution is -0.153. The minimum Gasteiger partial charge on any atom is -0.469 e.